The summed E-state index contributed by atoms with van der Waals surface area (Å²) >= 11 is 0. The van der Waals surface area contributed by atoms with E-state index in [1.807, 2.05) is 73.8 Å². The molecule has 2 heterocycles. The number of esters is 2. The maximum atomic E-state index is 14.5. The van der Waals surface area contributed by atoms with E-state index in [1.54, 1.807) is 20.8 Å². The van der Waals surface area contributed by atoms with Gasteiger partial charge < -0.3 is 29.2 Å². The second kappa shape index (κ2) is 16.0. The molecule has 2 aliphatic rings. The van der Waals surface area contributed by atoms with Crippen LogP contribution in [0, 0.1) is 5.92 Å². The van der Waals surface area contributed by atoms with Gasteiger partial charge in [0.05, 0.1) is 18.6 Å². The fourth-order valence-corrected chi connectivity index (χ4v) is 8.05. The lowest BCUT2D eigenvalue weighted by Gasteiger charge is -2.36. The van der Waals surface area contributed by atoms with Crippen LogP contribution in [-0.4, -0.2) is 47.9 Å². The van der Waals surface area contributed by atoms with Gasteiger partial charge in [-0.15, -0.1) is 0 Å². The van der Waals surface area contributed by atoms with Gasteiger partial charge in [-0.3, -0.25) is 4.79 Å². The monoisotopic (exact) mass is 742 g/mol. The molecule has 55 heavy (non-hydrogen) atoms. The molecule has 0 bridgehead atoms. The van der Waals surface area contributed by atoms with Crippen LogP contribution in [0.3, 0.4) is 0 Å². The first-order valence-corrected chi connectivity index (χ1v) is 19.4. The quantitative estimate of drug-likeness (QED) is 0.102. The maximum Gasteiger partial charge on any atom is 0.408 e. The molecule has 4 aromatic carbocycles. The molecule has 286 valence electrons. The zero-order chi connectivity index (χ0) is 38.6. The number of ether oxygens (including phenoxy) is 4. The van der Waals surface area contributed by atoms with E-state index in [0.29, 0.717) is 31.6 Å². The van der Waals surface area contributed by atoms with Gasteiger partial charge in [0.1, 0.15) is 23.5 Å². The first-order valence-electron chi connectivity index (χ1n) is 19.4. The Kier molecular flexibility index (Phi) is 11.0. The molecular weight excluding hydrogens is 693 g/mol. The van der Waals surface area contributed by atoms with Crippen molar-refractivity contribution in [3.63, 3.8) is 0 Å². The number of hydrogen-bond acceptors (Lipinski definition) is 7. The molecule has 1 aromatic heterocycles. The number of amides is 1. The molecule has 0 saturated heterocycles. The van der Waals surface area contributed by atoms with E-state index in [4.69, 9.17) is 18.9 Å². The Balaban J connectivity index is 1.21. The molecular formula is C46H50N2O7. The number of benzene rings is 4. The second-order valence-corrected chi connectivity index (χ2v) is 15.7. The summed E-state index contributed by atoms with van der Waals surface area (Å²) < 4.78 is 24.2. The van der Waals surface area contributed by atoms with Crippen molar-refractivity contribution in [1.29, 1.82) is 0 Å². The van der Waals surface area contributed by atoms with Crippen LogP contribution in [0.1, 0.15) is 81.7 Å². The normalized spacial score (nSPS) is 18.1. The number of rotatable bonds is 11. The highest BCUT2D eigenvalue weighted by Crippen LogP contribution is 2.47. The highest BCUT2D eigenvalue weighted by Gasteiger charge is 2.45. The van der Waals surface area contributed by atoms with Crippen molar-refractivity contribution < 1.29 is 33.3 Å². The molecule has 9 nitrogen and oxygen atoms in total. The van der Waals surface area contributed by atoms with Crippen LogP contribution in [0.25, 0.3) is 22.0 Å². The third-order valence-electron chi connectivity index (χ3n) is 10.8. The number of aromatic nitrogens is 1. The van der Waals surface area contributed by atoms with Gasteiger partial charge in [0.15, 0.2) is 0 Å². The zero-order valence-electron chi connectivity index (χ0n) is 32.1. The van der Waals surface area contributed by atoms with Gasteiger partial charge in [-0.05, 0) is 86.9 Å². The molecule has 9 heteroatoms. The highest BCUT2D eigenvalue weighted by atomic mass is 16.6. The first kappa shape index (κ1) is 37.7. The number of fused-ring (bicyclic) bond motifs is 2. The lowest BCUT2D eigenvalue weighted by atomic mass is 9.77. The average Bonchev–Trinajstić information content (AvgIpc) is 3.84. The Hall–Kier alpha value is -5.57. The molecule has 1 aliphatic heterocycles. The number of carbonyl (C=O) groups is 3. The van der Waals surface area contributed by atoms with Crippen LogP contribution in [0.5, 0.6) is 5.75 Å². The summed E-state index contributed by atoms with van der Waals surface area (Å²) in [6.07, 6.45) is 4.49. The van der Waals surface area contributed by atoms with Crippen LogP contribution >= 0.6 is 0 Å². The number of para-hydroxylation sites is 1. The third kappa shape index (κ3) is 8.41. The average molecular weight is 743 g/mol. The van der Waals surface area contributed by atoms with Crippen LogP contribution in [0.2, 0.25) is 0 Å². The van der Waals surface area contributed by atoms with Crippen molar-refractivity contribution in [1.82, 2.24) is 10.3 Å². The molecule has 3 atom stereocenters. The number of nitrogens with one attached hydrogen (secondary N) is 2. The minimum Gasteiger partial charge on any atom is -0.493 e. The van der Waals surface area contributed by atoms with Crippen LogP contribution < -0.4 is 10.1 Å². The van der Waals surface area contributed by atoms with E-state index in [2.05, 4.69) is 46.7 Å². The summed E-state index contributed by atoms with van der Waals surface area (Å²) in [7, 11) is 0. The number of alkyl carbamates (subject to hydrolysis) is 1. The van der Waals surface area contributed by atoms with E-state index >= 15 is 0 Å². The predicted molar refractivity (Wildman–Crippen MR) is 212 cm³/mol. The van der Waals surface area contributed by atoms with E-state index in [-0.39, 0.29) is 24.9 Å². The molecule has 1 fully saturated rings. The van der Waals surface area contributed by atoms with Gasteiger partial charge in [0, 0.05) is 35.0 Å². The molecule has 0 unspecified atom stereocenters. The summed E-state index contributed by atoms with van der Waals surface area (Å²) in [6.45, 7) is 7.76. The zero-order valence-corrected chi connectivity index (χ0v) is 32.1. The number of carbonyl (C=O) groups excluding carboxylic acids is 3. The summed E-state index contributed by atoms with van der Waals surface area (Å²) in [4.78, 5) is 44.3. The molecule has 7 rings (SSSR count). The maximum absolute atomic E-state index is 14.5. The summed E-state index contributed by atoms with van der Waals surface area (Å²) in [5, 5.41) is 3.77. The van der Waals surface area contributed by atoms with Crippen molar-refractivity contribution in [2.75, 3.05) is 13.2 Å². The number of H-pyrrole nitrogens is 1. The van der Waals surface area contributed by atoms with E-state index in [9.17, 15) is 14.4 Å². The summed E-state index contributed by atoms with van der Waals surface area (Å²) in [5.74, 6) is -0.460. The van der Waals surface area contributed by atoms with Crippen molar-refractivity contribution in [2.45, 2.75) is 89.4 Å². The van der Waals surface area contributed by atoms with Gasteiger partial charge in [0.2, 0.25) is 0 Å². The highest BCUT2D eigenvalue weighted by molar-refractivity contribution is 5.86. The molecule has 0 radical (unpaired) electrons. The minimum absolute atomic E-state index is 0.185. The lowest BCUT2D eigenvalue weighted by molar-refractivity contribution is -0.156. The van der Waals surface area contributed by atoms with Gasteiger partial charge in [0.25, 0.3) is 0 Å². The van der Waals surface area contributed by atoms with E-state index in [0.717, 1.165) is 57.1 Å². The van der Waals surface area contributed by atoms with Gasteiger partial charge in [-0.1, -0.05) is 97.8 Å². The predicted octanol–water partition coefficient (Wildman–Crippen LogP) is 9.18. The Morgan fingerprint density at radius 3 is 2.35 bits per heavy atom. The topological polar surface area (TPSA) is 116 Å². The van der Waals surface area contributed by atoms with Crippen molar-refractivity contribution >= 4 is 28.9 Å². The van der Waals surface area contributed by atoms with E-state index < -0.39 is 35.2 Å². The third-order valence-corrected chi connectivity index (χ3v) is 10.8. The van der Waals surface area contributed by atoms with Crippen molar-refractivity contribution in [2.24, 2.45) is 5.92 Å². The molecule has 1 aliphatic carbocycles. The fraction of sp³-hybridized carbons (Fsp3) is 0.370. The Morgan fingerprint density at radius 1 is 0.909 bits per heavy atom. The van der Waals surface area contributed by atoms with Crippen LogP contribution in [-0.2, 0) is 42.1 Å². The largest absolute Gasteiger partial charge is 0.493 e. The molecule has 2 N–H and O–H groups in total. The van der Waals surface area contributed by atoms with Gasteiger partial charge >= 0.3 is 18.0 Å². The second-order valence-electron chi connectivity index (χ2n) is 15.7. The smallest absolute Gasteiger partial charge is 0.408 e. The molecule has 0 spiro atoms. The summed E-state index contributed by atoms with van der Waals surface area (Å²) in [5.41, 5.74) is 5.18. The number of hydrogen-bond donors (Lipinski definition) is 2. The Labute approximate surface area is 322 Å². The molecule has 5 aromatic rings. The van der Waals surface area contributed by atoms with Gasteiger partial charge in [-0.25, -0.2) is 9.59 Å². The minimum atomic E-state index is -1.05. The first-order chi connectivity index (χ1) is 26.5. The van der Waals surface area contributed by atoms with Crippen molar-refractivity contribution in [3.05, 3.63) is 126 Å². The SMILES string of the molecule is CCOC(=O)C1(c2ccc3c(c2)OC[C@H](Cc2ccc(-c4ccccc4)cc2)[C@H]3OC(=O)[C@H](Cc2c[nH]c3ccccc23)NC(=O)OC(C)(C)C)CCCC1. The Bertz CT molecular complexity index is 2130. The number of aromatic amines is 1. The molecule has 1 amide bonds. The lowest BCUT2D eigenvalue weighted by Crippen LogP contribution is -2.46. The molecule has 1 saturated carbocycles. The van der Waals surface area contributed by atoms with Gasteiger partial charge in [-0.2, -0.15) is 0 Å². The van der Waals surface area contributed by atoms with Crippen LogP contribution in [0.4, 0.5) is 4.79 Å². The Morgan fingerprint density at radius 2 is 1.62 bits per heavy atom. The van der Waals surface area contributed by atoms with E-state index in [1.165, 1.54) is 0 Å². The fourth-order valence-electron chi connectivity index (χ4n) is 8.05. The standard InChI is InChI=1S/C46H50N2O7/c1-5-52-43(50)46(23-11-12-24-46)35-21-22-37-40(27-35)53-29-34(25-30-17-19-32(20-18-30)31-13-7-6-8-14-31)41(37)54-42(49)39(48-44(51)55-45(2,3)4)26-33-28-47-38-16-10-9-15-36(33)38/h6-10,13-22,27-28,34,39,41,47H,5,11-12,23-26,29H2,1-4H3,(H,48,51)/t34-,39-,41+/m0/s1. The van der Waals surface area contributed by atoms with Crippen molar-refractivity contribution in [3.8, 4) is 16.9 Å². The van der Waals surface area contributed by atoms with Crippen LogP contribution in [0.15, 0.2) is 103 Å². The summed E-state index contributed by atoms with van der Waals surface area (Å²) in [6, 6.07) is 31.3.